The van der Waals surface area contributed by atoms with E-state index in [1.54, 1.807) is 12.3 Å². The highest BCUT2D eigenvalue weighted by molar-refractivity contribution is 5.92. The fraction of sp³-hybridized carbons (Fsp3) is 0.500. The van der Waals surface area contributed by atoms with Gasteiger partial charge in [0.1, 0.15) is 5.69 Å². The fourth-order valence-corrected chi connectivity index (χ4v) is 2.05. The van der Waals surface area contributed by atoms with E-state index < -0.39 is 0 Å². The summed E-state index contributed by atoms with van der Waals surface area (Å²) in [7, 11) is 1.94. The number of rotatable bonds is 2. The number of likely N-dealkylation sites (N-methyl/N-ethyl adjacent to an activating group) is 1. The van der Waals surface area contributed by atoms with Gasteiger partial charge in [0.2, 0.25) is 0 Å². The number of hydrogen-bond donors (Lipinski definition) is 1. The quantitative estimate of drug-likeness (QED) is 0.804. The number of piperidine rings is 1. The van der Waals surface area contributed by atoms with Crippen molar-refractivity contribution in [2.75, 3.05) is 20.1 Å². The van der Waals surface area contributed by atoms with Gasteiger partial charge in [-0.3, -0.25) is 9.78 Å². The number of amides is 1. The summed E-state index contributed by atoms with van der Waals surface area (Å²) in [6.07, 6.45) is 3.86. The van der Waals surface area contributed by atoms with Crippen molar-refractivity contribution in [3.63, 3.8) is 0 Å². The maximum Gasteiger partial charge on any atom is 0.272 e. The zero-order valence-electron chi connectivity index (χ0n) is 9.52. The van der Waals surface area contributed by atoms with Crippen LogP contribution in [0.3, 0.4) is 0 Å². The number of aromatic nitrogens is 1. The molecule has 0 bridgehead atoms. The number of nitrogens with one attached hydrogen (secondary N) is 1. The summed E-state index contributed by atoms with van der Waals surface area (Å²) in [5, 5.41) is 3.23. The molecule has 86 valence electrons. The van der Waals surface area contributed by atoms with Crippen LogP contribution in [0.25, 0.3) is 0 Å². The first kappa shape index (κ1) is 11.1. The van der Waals surface area contributed by atoms with Crippen LogP contribution in [0.5, 0.6) is 0 Å². The van der Waals surface area contributed by atoms with Crippen molar-refractivity contribution in [1.82, 2.24) is 15.2 Å². The van der Waals surface area contributed by atoms with Crippen LogP contribution in [0, 0.1) is 0 Å². The van der Waals surface area contributed by atoms with Gasteiger partial charge in [-0.25, -0.2) is 0 Å². The molecule has 4 nitrogen and oxygen atoms in total. The Morgan fingerprint density at radius 1 is 1.56 bits per heavy atom. The van der Waals surface area contributed by atoms with Crippen molar-refractivity contribution < 1.29 is 4.79 Å². The van der Waals surface area contributed by atoms with Crippen molar-refractivity contribution in [2.24, 2.45) is 0 Å². The minimum atomic E-state index is 0.0422. The Hall–Kier alpha value is -1.42. The standard InChI is InChI=1S/C12H17N3O/c1-13-10-5-4-8-15(9-10)12(16)11-6-2-3-7-14-11/h2-3,6-7,10,13H,4-5,8-9H2,1H3. The molecule has 0 aromatic carbocycles. The molecule has 1 saturated heterocycles. The topological polar surface area (TPSA) is 45.2 Å². The van der Waals surface area contributed by atoms with E-state index in [9.17, 15) is 4.79 Å². The van der Waals surface area contributed by atoms with Gasteiger partial charge in [0, 0.05) is 25.3 Å². The number of carbonyl (C=O) groups is 1. The Morgan fingerprint density at radius 3 is 3.12 bits per heavy atom. The molecule has 1 atom stereocenters. The van der Waals surface area contributed by atoms with Gasteiger partial charge in [0.05, 0.1) is 0 Å². The highest BCUT2D eigenvalue weighted by Gasteiger charge is 2.23. The molecule has 1 aromatic heterocycles. The van der Waals surface area contributed by atoms with Gasteiger partial charge in [-0.1, -0.05) is 6.07 Å². The Kier molecular flexibility index (Phi) is 3.51. The fourth-order valence-electron chi connectivity index (χ4n) is 2.05. The zero-order valence-corrected chi connectivity index (χ0v) is 9.52. The minimum absolute atomic E-state index is 0.0422. The van der Waals surface area contributed by atoms with Crippen molar-refractivity contribution >= 4 is 5.91 Å². The third kappa shape index (κ3) is 2.39. The van der Waals surface area contributed by atoms with Gasteiger partial charge >= 0.3 is 0 Å². The lowest BCUT2D eigenvalue weighted by atomic mass is 10.1. The van der Waals surface area contributed by atoms with Crippen molar-refractivity contribution in [1.29, 1.82) is 0 Å². The molecule has 0 aliphatic carbocycles. The van der Waals surface area contributed by atoms with E-state index in [0.717, 1.165) is 25.9 Å². The third-order valence-corrected chi connectivity index (χ3v) is 3.00. The van der Waals surface area contributed by atoms with Crippen LogP contribution in [-0.2, 0) is 0 Å². The highest BCUT2D eigenvalue weighted by atomic mass is 16.2. The molecule has 1 fully saturated rings. The van der Waals surface area contributed by atoms with Crippen LogP contribution in [0.15, 0.2) is 24.4 Å². The maximum absolute atomic E-state index is 12.1. The Labute approximate surface area is 95.7 Å². The normalized spacial score (nSPS) is 20.8. The van der Waals surface area contributed by atoms with Gasteiger partial charge in [-0.05, 0) is 32.0 Å². The number of hydrogen-bond acceptors (Lipinski definition) is 3. The summed E-state index contributed by atoms with van der Waals surface area (Å²) in [4.78, 5) is 18.1. The van der Waals surface area contributed by atoms with E-state index in [4.69, 9.17) is 0 Å². The first-order chi connectivity index (χ1) is 7.81. The molecule has 1 aromatic rings. The van der Waals surface area contributed by atoms with E-state index >= 15 is 0 Å². The van der Waals surface area contributed by atoms with Crippen LogP contribution >= 0.6 is 0 Å². The second-order valence-corrected chi connectivity index (χ2v) is 4.09. The van der Waals surface area contributed by atoms with Gasteiger partial charge in [0.15, 0.2) is 0 Å². The molecule has 1 amide bonds. The molecule has 4 heteroatoms. The van der Waals surface area contributed by atoms with Gasteiger partial charge < -0.3 is 10.2 Å². The summed E-state index contributed by atoms with van der Waals surface area (Å²) in [5.74, 6) is 0.0422. The van der Waals surface area contributed by atoms with E-state index in [2.05, 4.69) is 10.3 Å². The van der Waals surface area contributed by atoms with Crippen molar-refractivity contribution in [2.45, 2.75) is 18.9 Å². The van der Waals surface area contributed by atoms with E-state index in [1.165, 1.54) is 0 Å². The molecule has 0 radical (unpaired) electrons. The number of carbonyl (C=O) groups excluding carboxylic acids is 1. The minimum Gasteiger partial charge on any atom is -0.336 e. The number of likely N-dealkylation sites (tertiary alicyclic amines) is 1. The molecule has 2 heterocycles. The Morgan fingerprint density at radius 2 is 2.44 bits per heavy atom. The van der Waals surface area contributed by atoms with E-state index in [1.807, 2.05) is 24.1 Å². The average molecular weight is 219 g/mol. The first-order valence-corrected chi connectivity index (χ1v) is 5.69. The van der Waals surface area contributed by atoms with Crippen LogP contribution in [0.2, 0.25) is 0 Å². The second-order valence-electron chi connectivity index (χ2n) is 4.09. The third-order valence-electron chi connectivity index (χ3n) is 3.00. The lowest BCUT2D eigenvalue weighted by Gasteiger charge is -2.32. The average Bonchev–Trinajstić information content (AvgIpc) is 2.39. The molecule has 0 saturated carbocycles. The molecular weight excluding hydrogens is 202 g/mol. The monoisotopic (exact) mass is 219 g/mol. The van der Waals surface area contributed by atoms with Crippen LogP contribution < -0.4 is 5.32 Å². The van der Waals surface area contributed by atoms with E-state index in [-0.39, 0.29) is 5.91 Å². The summed E-state index contributed by atoms with van der Waals surface area (Å²) >= 11 is 0. The van der Waals surface area contributed by atoms with Crippen molar-refractivity contribution in [3.05, 3.63) is 30.1 Å². The summed E-state index contributed by atoms with van der Waals surface area (Å²) in [6, 6.07) is 5.86. The first-order valence-electron chi connectivity index (χ1n) is 5.69. The smallest absolute Gasteiger partial charge is 0.272 e. The zero-order chi connectivity index (χ0) is 11.4. The summed E-state index contributed by atoms with van der Waals surface area (Å²) in [5.41, 5.74) is 0.541. The SMILES string of the molecule is CNC1CCCN(C(=O)c2ccccn2)C1. The molecule has 16 heavy (non-hydrogen) atoms. The molecule has 0 spiro atoms. The lowest BCUT2D eigenvalue weighted by molar-refractivity contribution is 0.0692. The van der Waals surface area contributed by atoms with Crippen LogP contribution in [0.4, 0.5) is 0 Å². The predicted octanol–water partition coefficient (Wildman–Crippen LogP) is 0.906. The maximum atomic E-state index is 12.1. The largest absolute Gasteiger partial charge is 0.336 e. The predicted molar refractivity (Wildman–Crippen MR) is 62.2 cm³/mol. The molecule has 1 unspecified atom stereocenters. The Balaban J connectivity index is 2.05. The molecule has 1 aliphatic heterocycles. The summed E-state index contributed by atoms with van der Waals surface area (Å²) in [6.45, 7) is 1.62. The number of pyridine rings is 1. The highest BCUT2D eigenvalue weighted by Crippen LogP contribution is 2.12. The Bertz CT molecular complexity index is 353. The van der Waals surface area contributed by atoms with E-state index in [0.29, 0.717) is 11.7 Å². The second kappa shape index (κ2) is 5.07. The number of nitrogens with zero attached hydrogens (tertiary/aromatic N) is 2. The molecule has 1 N–H and O–H groups in total. The molecule has 1 aliphatic rings. The van der Waals surface area contributed by atoms with Crippen molar-refractivity contribution in [3.8, 4) is 0 Å². The molecular formula is C12H17N3O. The lowest BCUT2D eigenvalue weighted by Crippen LogP contribution is -2.47. The van der Waals surface area contributed by atoms with Gasteiger partial charge in [-0.15, -0.1) is 0 Å². The van der Waals surface area contributed by atoms with Crippen LogP contribution in [-0.4, -0.2) is 42.0 Å². The van der Waals surface area contributed by atoms with Gasteiger partial charge in [-0.2, -0.15) is 0 Å². The van der Waals surface area contributed by atoms with Gasteiger partial charge in [0.25, 0.3) is 5.91 Å². The summed E-state index contributed by atoms with van der Waals surface area (Å²) < 4.78 is 0. The molecule has 2 rings (SSSR count). The van der Waals surface area contributed by atoms with Crippen LogP contribution in [0.1, 0.15) is 23.3 Å².